The number of hydrogen-bond acceptors (Lipinski definition) is 3. The number of nitrogens with one attached hydrogen (secondary N) is 1. The van der Waals surface area contributed by atoms with Gasteiger partial charge in [-0.3, -0.25) is 4.79 Å². The van der Waals surface area contributed by atoms with E-state index in [1.807, 2.05) is 0 Å². The van der Waals surface area contributed by atoms with Crippen molar-refractivity contribution in [3.05, 3.63) is 0 Å². The molecule has 0 aliphatic rings. The van der Waals surface area contributed by atoms with Crippen molar-refractivity contribution in [2.75, 3.05) is 14.2 Å². The predicted molar refractivity (Wildman–Crippen MR) is 30.5 cm³/mol. The first-order valence-electron chi connectivity index (χ1n) is 2.47. The quantitative estimate of drug-likeness (QED) is 0.507. The van der Waals surface area contributed by atoms with Crippen molar-refractivity contribution in [3.63, 3.8) is 0 Å². The molecule has 0 radical (unpaired) electrons. The van der Waals surface area contributed by atoms with E-state index in [1.54, 1.807) is 14.0 Å². The van der Waals surface area contributed by atoms with Crippen molar-refractivity contribution in [1.82, 2.24) is 5.32 Å². The molecule has 48 valence electrons. The monoisotopic (exact) mass is 117 g/mol. The Balaban J connectivity index is 3.46. The molecular weight excluding hydrogens is 106 g/mol. The SMILES string of the molecule is CN[C@@H](C)C(=O)OC. The van der Waals surface area contributed by atoms with E-state index in [1.165, 1.54) is 7.11 Å². The molecule has 0 rings (SSSR count). The third-order valence-corrected chi connectivity index (χ3v) is 0.988. The lowest BCUT2D eigenvalue weighted by Gasteiger charge is -2.04. The first-order chi connectivity index (χ1) is 3.72. The van der Waals surface area contributed by atoms with Crippen molar-refractivity contribution in [3.8, 4) is 0 Å². The Morgan fingerprint density at radius 2 is 2.25 bits per heavy atom. The molecule has 0 aliphatic heterocycles. The highest BCUT2D eigenvalue weighted by Crippen LogP contribution is 1.81. The van der Waals surface area contributed by atoms with E-state index in [-0.39, 0.29) is 12.0 Å². The molecule has 3 heteroatoms. The molecule has 0 spiro atoms. The Kier molecular flexibility index (Phi) is 3.19. The molecule has 0 aromatic carbocycles. The molecule has 0 fully saturated rings. The molecule has 0 saturated carbocycles. The van der Waals surface area contributed by atoms with E-state index in [0.29, 0.717) is 0 Å². The Morgan fingerprint density at radius 3 is 2.38 bits per heavy atom. The van der Waals surface area contributed by atoms with Crippen molar-refractivity contribution in [2.45, 2.75) is 13.0 Å². The van der Waals surface area contributed by atoms with Gasteiger partial charge in [0.1, 0.15) is 6.04 Å². The van der Waals surface area contributed by atoms with Gasteiger partial charge in [-0.05, 0) is 14.0 Å². The summed E-state index contributed by atoms with van der Waals surface area (Å²) < 4.78 is 4.40. The number of carbonyl (C=O) groups is 1. The highest BCUT2D eigenvalue weighted by atomic mass is 16.5. The molecule has 0 aromatic heterocycles. The highest BCUT2D eigenvalue weighted by molar-refractivity contribution is 5.74. The Hall–Kier alpha value is -0.570. The van der Waals surface area contributed by atoms with Gasteiger partial charge in [0, 0.05) is 0 Å². The van der Waals surface area contributed by atoms with E-state index in [2.05, 4.69) is 10.1 Å². The molecule has 0 amide bonds. The third kappa shape index (κ3) is 1.93. The molecule has 1 N–H and O–H groups in total. The number of esters is 1. The zero-order valence-electron chi connectivity index (χ0n) is 5.39. The van der Waals surface area contributed by atoms with Crippen LogP contribution in [-0.4, -0.2) is 26.2 Å². The van der Waals surface area contributed by atoms with Crippen molar-refractivity contribution in [2.24, 2.45) is 0 Å². The summed E-state index contributed by atoms with van der Waals surface area (Å²) in [5, 5.41) is 2.74. The van der Waals surface area contributed by atoms with Gasteiger partial charge >= 0.3 is 5.97 Å². The first-order valence-corrected chi connectivity index (χ1v) is 2.47. The maximum Gasteiger partial charge on any atom is 0.322 e. The summed E-state index contributed by atoms with van der Waals surface area (Å²) in [4.78, 5) is 10.5. The van der Waals surface area contributed by atoms with Gasteiger partial charge in [-0.25, -0.2) is 0 Å². The van der Waals surface area contributed by atoms with Gasteiger partial charge in [-0.15, -0.1) is 0 Å². The lowest BCUT2D eigenvalue weighted by atomic mass is 10.4. The highest BCUT2D eigenvalue weighted by Gasteiger charge is 2.07. The summed E-state index contributed by atoms with van der Waals surface area (Å²) in [5.41, 5.74) is 0. The lowest BCUT2D eigenvalue weighted by Crippen LogP contribution is -2.31. The van der Waals surface area contributed by atoms with Gasteiger partial charge in [-0.2, -0.15) is 0 Å². The molecule has 0 saturated heterocycles. The van der Waals surface area contributed by atoms with Crippen LogP contribution >= 0.6 is 0 Å². The van der Waals surface area contributed by atoms with Crippen LogP contribution in [0.1, 0.15) is 6.92 Å². The number of rotatable bonds is 2. The Bertz CT molecular complexity index is 82.5. The largest absolute Gasteiger partial charge is 0.468 e. The van der Waals surface area contributed by atoms with Crippen molar-refractivity contribution < 1.29 is 9.53 Å². The van der Waals surface area contributed by atoms with Gasteiger partial charge < -0.3 is 10.1 Å². The minimum atomic E-state index is -0.229. The van der Waals surface area contributed by atoms with E-state index < -0.39 is 0 Å². The van der Waals surface area contributed by atoms with Gasteiger partial charge in [0.15, 0.2) is 0 Å². The number of carbonyl (C=O) groups excluding carboxylic acids is 1. The maximum absolute atomic E-state index is 10.5. The summed E-state index contributed by atoms with van der Waals surface area (Å²) in [6.07, 6.45) is 0. The van der Waals surface area contributed by atoms with Crippen LogP contribution in [0.5, 0.6) is 0 Å². The van der Waals surface area contributed by atoms with E-state index in [0.717, 1.165) is 0 Å². The standard InChI is InChI=1S/C5H11NO2/c1-4(6-2)5(7)8-3/h4,6H,1-3H3/t4-/m0/s1. The smallest absolute Gasteiger partial charge is 0.322 e. The molecule has 8 heavy (non-hydrogen) atoms. The lowest BCUT2D eigenvalue weighted by molar-refractivity contribution is -0.142. The van der Waals surface area contributed by atoms with E-state index in [4.69, 9.17) is 0 Å². The van der Waals surface area contributed by atoms with Crippen LogP contribution in [0.4, 0.5) is 0 Å². The average Bonchev–Trinajstić information content (AvgIpc) is 1.84. The average molecular weight is 117 g/mol. The molecular formula is C5H11NO2. The number of methoxy groups -OCH3 is 1. The fourth-order valence-corrected chi connectivity index (χ4v) is 0.295. The van der Waals surface area contributed by atoms with Gasteiger partial charge in [0.2, 0.25) is 0 Å². The van der Waals surface area contributed by atoms with Crippen molar-refractivity contribution >= 4 is 5.97 Å². The van der Waals surface area contributed by atoms with Crippen LogP contribution in [-0.2, 0) is 9.53 Å². The predicted octanol–water partition coefficient (Wildman–Crippen LogP) is -0.233. The molecule has 0 aromatic rings. The molecule has 3 nitrogen and oxygen atoms in total. The van der Waals surface area contributed by atoms with Crippen LogP contribution < -0.4 is 5.32 Å². The van der Waals surface area contributed by atoms with E-state index >= 15 is 0 Å². The molecule has 1 atom stereocenters. The number of hydrogen-bond donors (Lipinski definition) is 1. The van der Waals surface area contributed by atoms with Gasteiger partial charge in [0.05, 0.1) is 7.11 Å². The summed E-state index contributed by atoms with van der Waals surface area (Å²) in [5.74, 6) is -0.229. The van der Waals surface area contributed by atoms with Crippen LogP contribution in [0.2, 0.25) is 0 Å². The molecule has 0 aliphatic carbocycles. The summed E-state index contributed by atoms with van der Waals surface area (Å²) >= 11 is 0. The number of likely N-dealkylation sites (N-methyl/N-ethyl adjacent to an activating group) is 1. The fraction of sp³-hybridized carbons (Fsp3) is 0.800. The summed E-state index contributed by atoms with van der Waals surface area (Å²) in [7, 11) is 3.08. The second-order valence-corrected chi connectivity index (χ2v) is 1.53. The summed E-state index contributed by atoms with van der Waals surface area (Å²) in [6, 6.07) is -0.194. The second-order valence-electron chi connectivity index (χ2n) is 1.53. The van der Waals surface area contributed by atoms with Crippen LogP contribution in [0.15, 0.2) is 0 Å². The van der Waals surface area contributed by atoms with Gasteiger partial charge in [-0.1, -0.05) is 0 Å². The molecule has 0 heterocycles. The Labute approximate surface area is 49.0 Å². The fourth-order valence-electron chi connectivity index (χ4n) is 0.295. The van der Waals surface area contributed by atoms with Crippen molar-refractivity contribution in [1.29, 1.82) is 0 Å². The third-order valence-electron chi connectivity index (χ3n) is 0.988. The minimum absolute atomic E-state index is 0.194. The first kappa shape index (κ1) is 7.43. The molecule has 0 unspecified atom stereocenters. The minimum Gasteiger partial charge on any atom is -0.468 e. The topological polar surface area (TPSA) is 38.3 Å². The molecule has 0 bridgehead atoms. The summed E-state index contributed by atoms with van der Waals surface area (Å²) in [6.45, 7) is 1.74. The number of ether oxygens (including phenoxy) is 1. The van der Waals surface area contributed by atoms with Crippen LogP contribution in [0.3, 0.4) is 0 Å². The van der Waals surface area contributed by atoms with E-state index in [9.17, 15) is 4.79 Å². The van der Waals surface area contributed by atoms with Crippen LogP contribution in [0.25, 0.3) is 0 Å². The van der Waals surface area contributed by atoms with Crippen LogP contribution in [0, 0.1) is 0 Å². The second kappa shape index (κ2) is 3.43. The zero-order valence-corrected chi connectivity index (χ0v) is 5.39. The zero-order chi connectivity index (χ0) is 6.57. The normalized spacial score (nSPS) is 12.9. The van der Waals surface area contributed by atoms with Gasteiger partial charge in [0.25, 0.3) is 0 Å². The maximum atomic E-state index is 10.5. The Morgan fingerprint density at radius 1 is 1.75 bits per heavy atom.